The quantitative estimate of drug-likeness (QED) is 0.116. The van der Waals surface area contributed by atoms with E-state index < -0.39 is 11.9 Å². The lowest BCUT2D eigenvalue weighted by molar-refractivity contribution is -0.143. The molecule has 0 spiro atoms. The maximum Gasteiger partial charge on any atom is 0.302 e. The van der Waals surface area contributed by atoms with Gasteiger partial charge in [0.2, 0.25) is 5.92 Å². The maximum absolute atomic E-state index is 12.8. The number of ether oxygens (including phenoxy) is 1. The van der Waals surface area contributed by atoms with Crippen molar-refractivity contribution in [3.63, 3.8) is 0 Å². The largest absolute Gasteiger partial charge is 0.466 e. The Labute approximate surface area is 343 Å². The third-order valence-electron chi connectivity index (χ3n) is 6.78. The van der Waals surface area contributed by atoms with E-state index in [4.69, 9.17) is 11.6 Å². The molecule has 0 N–H and O–H groups in total. The second-order valence-electron chi connectivity index (χ2n) is 12.9. The Hall–Kier alpha value is -4.17. The minimum absolute atomic E-state index is 0.0743. The van der Waals surface area contributed by atoms with Gasteiger partial charge in [-0.05, 0) is 83.2 Å². The average Bonchev–Trinajstić information content (AvgIpc) is 3.13. The van der Waals surface area contributed by atoms with E-state index in [1.165, 1.54) is 56.1 Å². The zero-order valence-corrected chi connectivity index (χ0v) is 37.9. The Morgan fingerprint density at radius 1 is 0.839 bits per heavy atom. The van der Waals surface area contributed by atoms with Gasteiger partial charge in [0.1, 0.15) is 11.6 Å². The molecule has 5 nitrogen and oxygen atoms in total. The summed E-state index contributed by atoms with van der Waals surface area (Å²) in [4.78, 5) is 32.7. The summed E-state index contributed by atoms with van der Waals surface area (Å²) in [5, 5.41) is 0.255. The van der Waals surface area contributed by atoms with E-state index in [0.717, 1.165) is 23.1 Å². The van der Waals surface area contributed by atoms with Crippen molar-refractivity contribution in [2.75, 3.05) is 20.7 Å². The maximum atomic E-state index is 12.8. The van der Waals surface area contributed by atoms with Crippen LogP contribution in [0, 0.1) is 25.6 Å². The molecule has 3 aromatic carbocycles. The Balaban J connectivity index is -0.000000305. The third kappa shape index (κ3) is 32.1. The summed E-state index contributed by atoms with van der Waals surface area (Å²) >= 11 is 5.62. The second-order valence-corrected chi connectivity index (χ2v) is 13.2. The third-order valence-corrected chi connectivity index (χ3v) is 7.21. The van der Waals surface area contributed by atoms with Crippen LogP contribution in [0.25, 0.3) is 5.70 Å². The molecule has 3 rings (SSSR count). The van der Waals surface area contributed by atoms with Crippen molar-refractivity contribution < 1.29 is 32.3 Å². The number of alkyl halides is 2. The van der Waals surface area contributed by atoms with Crippen molar-refractivity contribution in [1.82, 2.24) is 4.90 Å². The Kier molecular flexibility index (Phi) is 35.7. The number of Topliss-reactive ketones (excluding diaryl/α,β-unsaturated/α-hetero) is 2. The number of carbonyl (C=O) groups excluding carboxylic acids is 3. The van der Waals surface area contributed by atoms with Crippen LogP contribution in [-0.4, -0.2) is 49.1 Å². The summed E-state index contributed by atoms with van der Waals surface area (Å²) < 4.78 is 42.8. The summed E-state index contributed by atoms with van der Waals surface area (Å²) in [5.41, 5.74) is 7.62. The van der Waals surface area contributed by atoms with Gasteiger partial charge in [0, 0.05) is 45.1 Å². The fraction of sp³-hybridized carbons (Fsp3) is 0.468. The van der Waals surface area contributed by atoms with Crippen LogP contribution in [-0.2, 0) is 20.7 Å². The minimum atomic E-state index is -2.64. The molecule has 316 valence electrons. The molecule has 1 unspecified atom stereocenters. The monoisotopic (exact) mass is 806 g/mol. The van der Waals surface area contributed by atoms with Gasteiger partial charge in [-0.25, -0.2) is 13.2 Å². The smallest absolute Gasteiger partial charge is 0.302 e. The molecule has 0 radical (unpaired) electrons. The molecule has 9 heteroatoms. The molecule has 0 aliphatic heterocycles. The molecule has 0 saturated heterocycles. The Morgan fingerprint density at radius 2 is 1.34 bits per heavy atom. The molecule has 3 aromatic rings. The van der Waals surface area contributed by atoms with Crippen molar-refractivity contribution in [1.29, 1.82) is 0 Å². The molecule has 0 aliphatic carbocycles. The van der Waals surface area contributed by atoms with Crippen molar-refractivity contribution in [2.45, 2.75) is 122 Å². The SMILES string of the molecule is C=C(C)/C=C(/c1cccc(C)c1)N(C)C.CC.CC.CC(=O)c1ccc(C)cc1.CC(C)=O.CCC(F)(F)CC(C)COC(C)=O.CCc1cccc(F)c1Cl. The highest BCUT2D eigenvalue weighted by Gasteiger charge is 2.28. The van der Waals surface area contributed by atoms with E-state index in [2.05, 4.69) is 67.6 Å². The number of ketones is 2. The first kappa shape index (κ1) is 58.5. The second kappa shape index (κ2) is 34.1. The topological polar surface area (TPSA) is 63.7 Å². The standard InChI is InChI=1S/C14H19N.C9H16F2O2.C9H10O.C8H8ClF.C3H6O.2C2H6/c1-11(2)9-14(15(4)5)13-8-6-7-12(3)10-13;1-4-9(10,11)5-7(2)6-13-8(3)12;1-7-3-5-9(6-4-7)8(2)10;1-2-6-4-3-5-7(10)8(6)9;1-3(2)4;2*1-2/h6-10H,1H2,2-5H3;7H,4-6H2,1-3H3;3-6H,1-2H3;3-5H,2H2,1H3;1-2H3;2*1-2H3/b14-9-;;;;;;. The molecule has 1 atom stereocenters. The van der Waals surface area contributed by atoms with E-state index in [1.54, 1.807) is 19.9 Å². The number of halogens is 4. The molecule has 0 aliphatic rings. The Bertz CT molecular complexity index is 1560. The molecule has 0 saturated carbocycles. The summed E-state index contributed by atoms with van der Waals surface area (Å²) in [6, 6.07) is 20.9. The van der Waals surface area contributed by atoms with Crippen molar-refractivity contribution >= 4 is 34.8 Å². The number of rotatable bonds is 10. The van der Waals surface area contributed by atoms with Gasteiger partial charge in [0.05, 0.1) is 11.6 Å². The first-order valence-corrected chi connectivity index (χ1v) is 19.5. The highest BCUT2D eigenvalue weighted by atomic mass is 35.5. The number of hydrogen-bond acceptors (Lipinski definition) is 5. The number of carbonyl (C=O) groups is 3. The van der Waals surface area contributed by atoms with Gasteiger partial charge < -0.3 is 14.4 Å². The normalized spacial score (nSPS) is 10.4. The van der Waals surface area contributed by atoms with Crippen LogP contribution in [0.1, 0.15) is 129 Å². The summed E-state index contributed by atoms with van der Waals surface area (Å²) in [5.74, 6) is -3.40. The summed E-state index contributed by atoms with van der Waals surface area (Å²) in [6.45, 7) is 29.1. The molecular formula is C47H71ClF3NO4. The van der Waals surface area contributed by atoms with Crippen molar-refractivity contribution in [2.24, 2.45) is 5.92 Å². The fourth-order valence-corrected chi connectivity index (χ4v) is 4.35. The van der Waals surface area contributed by atoms with Crippen LogP contribution in [0.15, 0.2) is 85.0 Å². The summed E-state index contributed by atoms with van der Waals surface area (Å²) in [6.07, 6.45) is 2.49. The van der Waals surface area contributed by atoms with Crippen LogP contribution in [0.4, 0.5) is 13.2 Å². The van der Waals surface area contributed by atoms with E-state index in [9.17, 15) is 27.6 Å². The van der Waals surface area contributed by atoms with E-state index >= 15 is 0 Å². The lowest BCUT2D eigenvalue weighted by atomic mass is 10.0. The van der Waals surface area contributed by atoms with Crippen LogP contribution in [0.2, 0.25) is 5.02 Å². The van der Waals surface area contributed by atoms with Crippen molar-refractivity contribution in [3.05, 3.63) is 124 Å². The van der Waals surface area contributed by atoms with Crippen LogP contribution in [0.3, 0.4) is 0 Å². The lowest BCUT2D eigenvalue weighted by Gasteiger charge is -2.18. The zero-order valence-electron chi connectivity index (χ0n) is 37.1. The zero-order chi connectivity index (χ0) is 44.6. The van der Waals surface area contributed by atoms with Crippen LogP contribution in [0.5, 0.6) is 0 Å². The first-order chi connectivity index (χ1) is 26.1. The number of nitrogens with zero attached hydrogens (tertiary/aromatic N) is 1. The van der Waals surface area contributed by atoms with Crippen LogP contribution < -0.4 is 0 Å². The van der Waals surface area contributed by atoms with E-state index in [-0.39, 0.29) is 47.8 Å². The summed E-state index contributed by atoms with van der Waals surface area (Å²) in [7, 11) is 4.11. The van der Waals surface area contributed by atoms with Crippen molar-refractivity contribution in [3.8, 4) is 0 Å². The molecule has 56 heavy (non-hydrogen) atoms. The molecule has 0 heterocycles. The number of hydrogen-bond donors (Lipinski definition) is 0. The number of aryl methyl sites for hydroxylation is 3. The number of benzene rings is 3. The lowest BCUT2D eigenvalue weighted by Crippen LogP contribution is -2.21. The molecule has 0 amide bonds. The number of esters is 1. The predicted molar refractivity (Wildman–Crippen MR) is 234 cm³/mol. The molecule has 0 bridgehead atoms. The van der Waals surface area contributed by atoms with Crippen LogP contribution >= 0.6 is 11.6 Å². The predicted octanol–water partition coefficient (Wildman–Crippen LogP) is 14.0. The average molecular weight is 807 g/mol. The van der Waals surface area contributed by atoms with E-state index in [0.29, 0.717) is 0 Å². The molecule has 0 fully saturated rings. The van der Waals surface area contributed by atoms with E-state index in [1.807, 2.05) is 78.8 Å². The van der Waals surface area contributed by atoms with Gasteiger partial charge in [-0.15, -0.1) is 0 Å². The van der Waals surface area contributed by atoms with Gasteiger partial charge in [0.25, 0.3) is 0 Å². The fourth-order valence-electron chi connectivity index (χ4n) is 4.09. The van der Waals surface area contributed by atoms with Gasteiger partial charge in [-0.3, -0.25) is 9.59 Å². The number of allylic oxidation sites excluding steroid dienone is 2. The van der Waals surface area contributed by atoms with Gasteiger partial charge in [0.15, 0.2) is 5.78 Å². The van der Waals surface area contributed by atoms with Gasteiger partial charge in [-0.1, -0.05) is 138 Å². The molecular weight excluding hydrogens is 735 g/mol. The highest BCUT2D eigenvalue weighted by molar-refractivity contribution is 6.31. The highest BCUT2D eigenvalue weighted by Crippen LogP contribution is 2.26. The minimum Gasteiger partial charge on any atom is -0.466 e. The first-order valence-electron chi connectivity index (χ1n) is 19.2. The Morgan fingerprint density at radius 3 is 1.71 bits per heavy atom. The van der Waals surface area contributed by atoms with Gasteiger partial charge >= 0.3 is 5.97 Å². The molecule has 0 aromatic heterocycles. The van der Waals surface area contributed by atoms with Gasteiger partial charge in [-0.2, -0.15) is 0 Å².